The largest absolute Gasteiger partial charge is 0.374 e. The molecule has 130 valence electrons. The molecule has 2 rings (SSSR count). The summed E-state index contributed by atoms with van der Waals surface area (Å²) in [5, 5.41) is 0. The molecular weight excluding hydrogens is 312 g/mol. The Hall–Kier alpha value is -0.950. The third-order valence-corrected chi connectivity index (χ3v) is 5.94. The van der Waals surface area contributed by atoms with Crippen LogP contribution in [0.3, 0.4) is 0 Å². The minimum Gasteiger partial charge on any atom is -0.374 e. The highest BCUT2D eigenvalue weighted by Gasteiger charge is 2.25. The minimum atomic E-state index is -3.33. The van der Waals surface area contributed by atoms with Crippen molar-refractivity contribution in [2.24, 2.45) is 5.92 Å². The van der Waals surface area contributed by atoms with Crippen LogP contribution >= 0.6 is 0 Å². The topological polar surface area (TPSA) is 58.6 Å². The Bertz CT molecular complexity index is 554. The standard InChI is InChI=1S/C17H28N2O3S/c1-15-9-12-19(13-10-15)23(20,21)18-11-6-14-22-16(2)17-7-4-3-5-8-17/h3-5,7-8,15-16,18H,6,9-14H2,1-2H3/t16-/m0/s1. The van der Waals surface area contributed by atoms with Gasteiger partial charge in [0.15, 0.2) is 0 Å². The van der Waals surface area contributed by atoms with Gasteiger partial charge in [-0.25, -0.2) is 4.72 Å². The van der Waals surface area contributed by atoms with Crippen molar-refractivity contribution in [2.75, 3.05) is 26.2 Å². The van der Waals surface area contributed by atoms with Crippen LogP contribution in [0.4, 0.5) is 0 Å². The van der Waals surface area contributed by atoms with Gasteiger partial charge in [0.2, 0.25) is 0 Å². The molecule has 0 saturated carbocycles. The van der Waals surface area contributed by atoms with Gasteiger partial charge in [-0.1, -0.05) is 37.3 Å². The average Bonchev–Trinajstić information content (AvgIpc) is 2.55. The number of piperidine rings is 1. The van der Waals surface area contributed by atoms with Crippen molar-refractivity contribution in [3.8, 4) is 0 Å². The van der Waals surface area contributed by atoms with Gasteiger partial charge in [0.05, 0.1) is 6.10 Å². The molecule has 1 aromatic carbocycles. The maximum atomic E-state index is 12.2. The summed E-state index contributed by atoms with van der Waals surface area (Å²) >= 11 is 0. The average molecular weight is 340 g/mol. The summed E-state index contributed by atoms with van der Waals surface area (Å²) in [5.41, 5.74) is 1.13. The van der Waals surface area contributed by atoms with Crippen LogP contribution in [0.15, 0.2) is 30.3 Å². The third kappa shape index (κ3) is 5.88. The van der Waals surface area contributed by atoms with Gasteiger partial charge >= 0.3 is 0 Å². The SMILES string of the molecule is CC1CCN(S(=O)(=O)NCCCO[C@@H](C)c2ccccc2)CC1. The first-order chi connectivity index (χ1) is 11.0. The summed E-state index contributed by atoms with van der Waals surface area (Å²) in [6, 6.07) is 10.0. The molecule has 0 amide bonds. The van der Waals surface area contributed by atoms with Crippen LogP contribution in [0.2, 0.25) is 0 Å². The zero-order valence-electron chi connectivity index (χ0n) is 14.1. The van der Waals surface area contributed by atoms with E-state index >= 15 is 0 Å². The molecule has 1 atom stereocenters. The summed E-state index contributed by atoms with van der Waals surface area (Å²) in [6.07, 6.45) is 2.58. The van der Waals surface area contributed by atoms with Crippen LogP contribution in [-0.2, 0) is 14.9 Å². The quantitative estimate of drug-likeness (QED) is 0.740. The Morgan fingerprint density at radius 2 is 1.91 bits per heavy atom. The van der Waals surface area contributed by atoms with E-state index in [9.17, 15) is 8.42 Å². The molecule has 0 spiro atoms. The summed E-state index contributed by atoms with van der Waals surface area (Å²) in [6.45, 7) is 6.37. The van der Waals surface area contributed by atoms with Crippen molar-refractivity contribution in [1.82, 2.24) is 9.03 Å². The second kappa shape index (κ2) is 8.78. The van der Waals surface area contributed by atoms with E-state index in [1.165, 1.54) is 0 Å². The predicted molar refractivity (Wildman–Crippen MR) is 92.3 cm³/mol. The Labute approximate surface area is 140 Å². The van der Waals surface area contributed by atoms with Gasteiger partial charge in [-0.15, -0.1) is 0 Å². The van der Waals surface area contributed by atoms with E-state index in [2.05, 4.69) is 11.6 Å². The second-order valence-electron chi connectivity index (χ2n) is 6.26. The highest BCUT2D eigenvalue weighted by molar-refractivity contribution is 7.87. The molecular formula is C17H28N2O3S. The van der Waals surface area contributed by atoms with E-state index in [1.54, 1.807) is 4.31 Å². The normalized spacial score (nSPS) is 18.9. The molecule has 0 radical (unpaired) electrons. The van der Waals surface area contributed by atoms with Gasteiger partial charge in [-0.2, -0.15) is 12.7 Å². The summed E-state index contributed by atoms with van der Waals surface area (Å²) < 4.78 is 34.4. The molecule has 1 saturated heterocycles. The van der Waals surface area contributed by atoms with Gasteiger partial charge in [-0.3, -0.25) is 0 Å². The molecule has 1 heterocycles. The maximum absolute atomic E-state index is 12.2. The lowest BCUT2D eigenvalue weighted by Crippen LogP contribution is -2.45. The van der Waals surface area contributed by atoms with Crippen molar-refractivity contribution in [3.63, 3.8) is 0 Å². The second-order valence-corrected chi connectivity index (χ2v) is 8.01. The van der Waals surface area contributed by atoms with Gasteiger partial charge in [0.25, 0.3) is 10.2 Å². The number of hydrogen-bond acceptors (Lipinski definition) is 3. The van der Waals surface area contributed by atoms with Crippen LogP contribution in [0.25, 0.3) is 0 Å². The number of benzene rings is 1. The Kier molecular flexibility index (Phi) is 7.02. The molecule has 5 nitrogen and oxygen atoms in total. The van der Waals surface area contributed by atoms with Gasteiger partial charge < -0.3 is 4.74 Å². The fourth-order valence-electron chi connectivity index (χ4n) is 2.67. The maximum Gasteiger partial charge on any atom is 0.279 e. The van der Waals surface area contributed by atoms with Gasteiger partial charge in [-0.05, 0) is 37.7 Å². The van der Waals surface area contributed by atoms with E-state index in [0.29, 0.717) is 38.6 Å². The molecule has 6 heteroatoms. The number of rotatable bonds is 8. The molecule has 1 aliphatic rings. The number of nitrogens with zero attached hydrogens (tertiary/aromatic N) is 1. The van der Waals surface area contributed by atoms with Crippen molar-refractivity contribution < 1.29 is 13.2 Å². The fourth-order valence-corrected chi connectivity index (χ4v) is 3.95. The molecule has 0 aliphatic carbocycles. The first-order valence-corrected chi connectivity index (χ1v) is 9.84. The predicted octanol–water partition coefficient (Wildman–Crippen LogP) is 2.72. The van der Waals surface area contributed by atoms with Crippen LogP contribution < -0.4 is 4.72 Å². The highest BCUT2D eigenvalue weighted by Crippen LogP contribution is 2.18. The van der Waals surface area contributed by atoms with Crippen molar-refractivity contribution >= 4 is 10.2 Å². The Morgan fingerprint density at radius 3 is 2.57 bits per heavy atom. The smallest absolute Gasteiger partial charge is 0.279 e. The first kappa shape index (κ1) is 18.4. The zero-order valence-corrected chi connectivity index (χ0v) is 14.9. The van der Waals surface area contributed by atoms with Crippen LogP contribution in [0.1, 0.15) is 44.8 Å². The van der Waals surface area contributed by atoms with E-state index in [-0.39, 0.29) is 6.10 Å². The number of hydrogen-bond donors (Lipinski definition) is 1. The van der Waals surface area contributed by atoms with Crippen LogP contribution in [0, 0.1) is 5.92 Å². The molecule has 1 fully saturated rings. The van der Waals surface area contributed by atoms with Gasteiger partial charge in [0, 0.05) is 26.2 Å². The van der Waals surface area contributed by atoms with E-state index < -0.39 is 10.2 Å². The lowest BCUT2D eigenvalue weighted by atomic mass is 10.0. The lowest BCUT2D eigenvalue weighted by molar-refractivity contribution is 0.0647. The first-order valence-electron chi connectivity index (χ1n) is 8.40. The fraction of sp³-hybridized carbons (Fsp3) is 0.647. The summed E-state index contributed by atoms with van der Waals surface area (Å²) in [7, 11) is -3.33. The van der Waals surface area contributed by atoms with Crippen molar-refractivity contribution in [1.29, 1.82) is 0 Å². The zero-order chi connectivity index (χ0) is 16.7. The van der Waals surface area contributed by atoms with E-state index in [4.69, 9.17) is 4.74 Å². The molecule has 0 unspecified atom stereocenters. The van der Waals surface area contributed by atoms with Crippen molar-refractivity contribution in [2.45, 2.75) is 39.2 Å². The summed E-state index contributed by atoms with van der Waals surface area (Å²) in [5.74, 6) is 0.620. The number of ether oxygens (including phenoxy) is 1. The monoisotopic (exact) mass is 340 g/mol. The van der Waals surface area contributed by atoms with Crippen LogP contribution in [-0.4, -0.2) is 39.0 Å². The molecule has 1 N–H and O–H groups in total. The molecule has 23 heavy (non-hydrogen) atoms. The molecule has 0 aromatic heterocycles. The molecule has 1 aromatic rings. The van der Waals surface area contributed by atoms with E-state index in [1.807, 2.05) is 37.3 Å². The summed E-state index contributed by atoms with van der Waals surface area (Å²) in [4.78, 5) is 0. The number of nitrogens with one attached hydrogen (secondary N) is 1. The molecule has 0 bridgehead atoms. The van der Waals surface area contributed by atoms with Crippen molar-refractivity contribution in [3.05, 3.63) is 35.9 Å². The highest BCUT2D eigenvalue weighted by atomic mass is 32.2. The third-order valence-electron chi connectivity index (χ3n) is 4.32. The van der Waals surface area contributed by atoms with E-state index in [0.717, 1.165) is 18.4 Å². The minimum absolute atomic E-state index is 0.0244. The van der Waals surface area contributed by atoms with Crippen LogP contribution in [0.5, 0.6) is 0 Å². The Balaban J connectivity index is 1.65. The Morgan fingerprint density at radius 1 is 1.26 bits per heavy atom. The van der Waals surface area contributed by atoms with Gasteiger partial charge in [0.1, 0.15) is 0 Å². The lowest BCUT2D eigenvalue weighted by Gasteiger charge is -2.29. The molecule has 1 aliphatic heterocycles.